The molecule has 0 spiro atoms. The number of rotatable bonds is 12. The second-order valence-corrected chi connectivity index (χ2v) is 31.9. The predicted octanol–water partition coefficient (Wildman–Crippen LogP) is 30.0. The molecule has 8 nitrogen and oxygen atoms in total. The summed E-state index contributed by atoms with van der Waals surface area (Å²) in [6.07, 6.45) is 23.5. The Morgan fingerprint density at radius 1 is 0.176 bits per heavy atom. The number of hydrogen-bond acceptors (Lipinski definition) is 8. The van der Waals surface area contributed by atoms with Gasteiger partial charge in [0.15, 0.2) is 0 Å². The summed E-state index contributed by atoms with van der Waals surface area (Å²) in [5, 5.41) is 0. The van der Waals surface area contributed by atoms with Crippen LogP contribution in [0.3, 0.4) is 0 Å². The Labute approximate surface area is 857 Å². The first-order valence-electron chi connectivity index (χ1n) is 44.7. The molecule has 12 aromatic carbocycles. The molecule has 0 aliphatic heterocycles. The molecule has 0 unspecified atom stereocenters. The zero-order valence-corrected chi connectivity index (χ0v) is 85.9. The molecule has 0 atom stereocenters. The summed E-state index contributed by atoms with van der Waals surface area (Å²) >= 11 is 0. The minimum absolute atomic E-state index is 0. The summed E-state index contributed by atoms with van der Waals surface area (Å²) < 4.78 is 0. The van der Waals surface area contributed by atoms with Gasteiger partial charge in [-0.25, -0.2) is 0 Å². The second-order valence-electron chi connectivity index (χ2n) is 31.9. The van der Waals surface area contributed by atoms with Crippen LogP contribution in [-0.4, -0.2) is 39.9 Å². The molecule has 22 rings (SSSR count). The Hall–Kier alpha value is -13.6. The molecule has 136 heavy (non-hydrogen) atoms. The van der Waals surface area contributed by atoms with Gasteiger partial charge < -0.3 is 39.9 Å². The third-order valence-electron chi connectivity index (χ3n) is 22.5. The van der Waals surface area contributed by atoms with Gasteiger partial charge in [-0.1, -0.05) is 151 Å². The molecule has 0 fully saturated rings. The number of aryl methyl sites for hydroxylation is 8. The number of pyridine rings is 8. The Bertz CT molecular complexity index is 6440. The maximum Gasteiger partial charge on any atom is 0.0166 e. The SMILES string of the molecule is Cc1cc(-c2ccnc(-c3[c-]cccc3)c2)cc(C)c1C.Cc1cc(C)cc(-c2ccnc(-c3[c-]cccc3)c2)c1.[Ir].[Ir].[Ir].[Ir].[c-]1ccccc1-c1cc(-c2ccc3c(c2)CCC3)ccn1.[c-]1ccccc1-c1cc(-c2ccc3c(c2)CCCC3)ccn1.[c-]1ccccc1-c1ccccn1.[c-]1ccccc1-c1ccccn1.[c-]1ccccc1-c1ccccn1.[c-]1ccccc1-c1ccccn1. The summed E-state index contributed by atoms with van der Waals surface area (Å²) in [5.74, 6) is 0. The molecule has 2 aliphatic rings. The molecule has 12 heteroatoms. The number of benzene rings is 12. The van der Waals surface area contributed by atoms with Crippen molar-refractivity contribution in [1.82, 2.24) is 39.9 Å². The first-order chi connectivity index (χ1) is 65.0. The largest absolute Gasteiger partial charge is 0.305 e. The summed E-state index contributed by atoms with van der Waals surface area (Å²) in [4.78, 5) is 34.8. The van der Waals surface area contributed by atoms with E-state index in [-0.39, 0.29) is 80.4 Å². The standard InChI is InChI=1S/C21H18N.C20H16N.C20H18N.C19H16N.4C11H8N.4Ir/c1-2-7-17(8-3-1)21-15-20(12-13-22-21)19-11-10-16-6-4-5-9-18(16)14-19;1-2-5-16(6-3-1)20-14-19(11-12-21-20)18-10-9-15-7-4-8-17(15)13-18;1-14-11-19(12-15(2)16(14)3)18-9-10-21-20(13-18)17-7-5-4-6-8-17;1-14-10-15(2)12-18(11-14)17-8-9-20-19(13-17)16-6-4-3-5-7-16;4*1-2-6-10(7-3-1)11-8-4-5-9-12-11;;;;/h1-3,7,10-15H,4-6,9H2;1-3,5,9-14H,4,7-8H2;4-7,9-13H,1-3H3;3-6,8-13H,1-2H3;4*1-6,8-9H;;;;/q8*-1;;;;. The molecule has 8 heterocycles. The molecular weight excluding hydrogens is 2370 g/mol. The normalized spacial score (nSPS) is 10.8. The van der Waals surface area contributed by atoms with Gasteiger partial charge in [0, 0.05) is 130 Å². The van der Waals surface area contributed by atoms with Crippen LogP contribution in [0.4, 0.5) is 0 Å². The Kier molecular flexibility index (Phi) is 41.4. The quantitative estimate of drug-likeness (QED) is 0.111. The van der Waals surface area contributed by atoms with Crippen LogP contribution in [0.5, 0.6) is 0 Å². The van der Waals surface area contributed by atoms with Crippen LogP contribution in [0.15, 0.2) is 432 Å². The first-order valence-corrected chi connectivity index (χ1v) is 44.7. The van der Waals surface area contributed by atoms with Crippen molar-refractivity contribution in [2.75, 3.05) is 0 Å². The van der Waals surface area contributed by atoms with Crippen molar-refractivity contribution in [3.05, 3.63) is 530 Å². The van der Waals surface area contributed by atoms with Crippen molar-refractivity contribution < 1.29 is 80.4 Å². The minimum atomic E-state index is 0. The maximum absolute atomic E-state index is 4.49. The van der Waals surface area contributed by atoms with E-state index >= 15 is 0 Å². The molecule has 0 saturated carbocycles. The van der Waals surface area contributed by atoms with E-state index in [0.29, 0.717) is 0 Å². The van der Waals surface area contributed by atoms with Gasteiger partial charge in [0.25, 0.3) is 0 Å². The van der Waals surface area contributed by atoms with Gasteiger partial charge in [-0.05, 0) is 257 Å². The minimum Gasteiger partial charge on any atom is -0.305 e. The molecule has 8 aromatic heterocycles. The number of aromatic nitrogens is 8. The average Bonchev–Trinajstić information content (AvgIpc) is 0.991. The number of fused-ring (bicyclic) bond motifs is 2. The smallest absolute Gasteiger partial charge is 0.0166 e. The fraction of sp³-hybridized carbons (Fsp3) is 0.0968. The molecule has 680 valence electrons. The predicted molar refractivity (Wildman–Crippen MR) is 542 cm³/mol. The molecule has 0 amide bonds. The van der Waals surface area contributed by atoms with Crippen LogP contribution in [0.25, 0.3) is 135 Å². The molecule has 4 radical (unpaired) electrons. The topological polar surface area (TPSA) is 103 Å². The maximum atomic E-state index is 4.49. The van der Waals surface area contributed by atoms with E-state index in [9.17, 15) is 0 Å². The van der Waals surface area contributed by atoms with Gasteiger partial charge >= 0.3 is 0 Å². The summed E-state index contributed by atoms with van der Waals surface area (Å²) in [6, 6.07) is 154. The molecule has 0 saturated heterocycles. The van der Waals surface area contributed by atoms with Crippen LogP contribution < -0.4 is 0 Å². The zero-order valence-electron chi connectivity index (χ0n) is 76.4. The van der Waals surface area contributed by atoms with Crippen molar-refractivity contribution in [3.63, 3.8) is 0 Å². The number of nitrogens with zero attached hydrogens (tertiary/aromatic N) is 8. The summed E-state index contributed by atoms with van der Waals surface area (Å²) in [5.41, 5.74) is 38.6. The number of hydrogen-bond donors (Lipinski definition) is 0. The van der Waals surface area contributed by atoms with Crippen molar-refractivity contribution in [3.8, 4) is 135 Å². The Morgan fingerprint density at radius 2 is 0.404 bits per heavy atom. The third-order valence-corrected chi connectivity index (χ3v) is 22.5. The van der Waals surface area contributed by atoms with Crippen LogP contribution in [0.2, 0.25) is 0 Å². The van der Waals surface area contributed by atoms with E-state index in [4.69, 9.17) is 0 Å². The van der Waals surface area contributed by atoms with Crippen LogP contribution in [0, 0.1) is 83.1 Å². The van der Waals surface area contributed by atoms with E-state index in [2.05, 4.69) is 250 Å². The van der Waals surface area contributed by atoms with Crippen LogP contribution >= 0.6 is 0 Å². The van der Waals surface area contributed by atoms with E-state index in [1.807, 2.05) is 280 Å². The first kappa shape index (κ1) is 103. The zero-order chi connectivity index (χ0) is 90.5. The molecule has 0 N–H and O–H groups in total. The van der Waals surface area contributed by atoms with Gasteiger partial charge in [-0.15, -0.1) is 287 Å². The Balaban J connectivity index is 0.000000151. The summed E-state index contributed by atoms with van der Waals surface area (Å²) in [7, 11) is 0. The van der Waals surface area contributed by atoms with E-state index < -0.39 is 0 Å². The van der Waals surface area contributed by atoms with Gasteiger partial charge in [0.2, 0.25) is 0 Å². The van der Waals surface area contributed by atoms with Gasteiger partial charge in [0.05, 0.1) is 0 Å². The van der Waals surface area contributed by atoms with Crippen LogP contribution in [-0.2, 0) is 106 Å². The average molecular weight is 2470 g/mol. The second kappa shape index (κ2) is 54.7. The molecular formula is C124H100Ir4N8-8. The third kappa shape index (κ3) is 30.5. The van der Waals surface area contributed by atoms with E-state index in [0.717, 1.165) is 90.1 Å². The molecule has 20 aromatic rings. The fourth-order valence-corrected chi connectivity index (χ4v) is 15.5. The van der Waals surface area contributed by atoms with Crippen LogP contribution in [0.1, 0.15) is 69.3 Å². The molecule has 0 bridgehead atoms. The van der Waals surface area contributed by atoms with Crippen molar-refractivity contribution >= 4 is 0 Å². The Morgan fingerprint density at radius 3 is 0.669 bits per heavy atom. The van der Waals surface area contributed by atoms with Gasteiger partial charge in [-0.2, -0.15) is 0 Å². The van der Waals surface area contributed by atoms with E-state index in [1.165, 1.54) is 140 Å². The van der Waals surface area contributed by atoms with Gasteiger partial charge in [0.1, 0.15) is 0 Å². The molecule has 2 aliphatic carbocycles. The van der Waals surface area contributed by atoms with E-state index in [1.54, 1.807) is 24.8 Å². The van der Waals surface area contributed by atoms with Crippen molar-refractivity contribution in [2.45, 2.75) is 79.6 Å². The monoisotopic (exact) mass is 2470 g/mol. The van der Waals surface area contributed by atoms with Crippen molar-refractivity contribution in [2.24, 2.45) is 0 Å². The van der Waals surface area contributed by atoms with Gasteiger partial charge in [-0.3, -0.25) is 0 Å². The fourth-order valence-electron chi connectivity index (χ4n) is 15.5. The van der Waals surface area contributed by atoms with Crippen molar-refractivity contribution in [1.29, 1.82) is 0 Å². The summed E-state index contributed by atoms with van der Waals surface area (Å²) in [6.45, 7) is 10.8.